The highest BCUT2D eigenvalue weighted by molar-refractivity contribution is 6.07. The van der Waals surface area contributed by atoms with Gasteiger partial charge in [-0.3, -0.25) is 4.79 Å². The largest absolute Gasteiger partial charge is 0.350 e. The number of urea groups is 1. The van der Waals surface area contributed by atoms with Gasteiger partial charge in [-0.1, -0.05) is 12.8 Å². The summed E-state index contributed by atoms with van der Waals surface area (Å²) >= 11 is 0. The molecule has 8 heteroatoms. The van der Waals surface area contributed by atoms with Gasteiger partial charge in [-0.15, -0.1) is 0 Å². The molecule has 0 spiro atoms. The second-order valence-corrected chi connectivity index (χ2v) is 7.41. The Morgan fingerprint density at radius 2 is 2.11 bits per heavy atom. The first-order valence-corrected chi connectivity index (χ1v) is 9.64. The fraction of sp³-hybridized carbons (Fsp3) is 0.400. The van der Waals surface area contributed by atoms with Crippen molar-refractivity contribution in [2.24, 2.45) is 5.73 Å². The van der Waals surface area contributed by atoms with Gasteiger partial charge in [-0.25, -0.2) is 9.18 Å². The summed E-state index contributed by atoms with van der Waals surface area (Å²) in [7, 11) is 0. The highest BCUT2D eigenvalue weighted by atomic mass is 19.1. The molecule has 1 aliphatic heterocycles. The zero-order chi connectivity index (χ0) is 19.7. The van der Waals surface area contributed by atoms with E-state index >= 15 is 0 Å². The fourth-order valence-electron chi connectivity index (χ4n) is 4.04. The molecule has 2 unspecified atom stereocenters. The summed E-state index contributed by atoms with van der Waals surface area (Å²) in [5.74, 6) is -0.622. The van der Waals surface area contributed by atoms with Crippen molar-refractivity contribution in [3.05, 3.63) is 41.5 Å². The monoisotopic (exact) mass is 385 g/mol. The Bertz CT molecular complexity index is 951. The maximum atomic E-state index is 13.8. The normalized spacial score (nSPS) is 23.8. The van der Waals surface area contributed by atoms with Gasteiger partial charge in [0.1, 0.15) is 11.5 Å². The van der Waals surface area contributed by atoms with Crippen LogP contribution in [-0.2, 0) is 0 Å². The van der Waals surface area contributed by atoms with Crippen LogP contribution >= 0.6 is 0 Å². The quantitative estimate of drug-likeness (QED) is 0.547. The van der Waals surface area contributed by atoms with Gasteiger partial charge in [0.05, 0.1) is 0 Å². The van der Waals surface area contributed by atoms with Gasteiger partial charge in [-0.05, 0) is 43.0 Å². The summed E-state index contributed by atoms with van der Waals surface area (Å²) in [6.07, 6.45) is 6.04. The Morgan fingerprint density at radius 3 is 2.93 bits per heavy atom. The van der Waals surface area contributed by atoms with E-state index in [-0.39, 0.29) is 29.8 Å². The van der Waals surface area contributed by atoms with Crippen LogP contribution in [0.4, 0.5) is 9.18 Å². The van der Waals surface area contributed by atoms with Gasteiger partial charge < -0.3 is 26.7 Å². The molecule has 2 heterocycles. The second kappa shape index (κ2) is 7.63. The lowest BCUT2D eigenvalue weighted by Gasteiger charge is -2.29. The number of halogens is 1. The number of hydrogen-bond acceptors (Lipinski definition) is 3. The number of fused-ring (bicyclic) bond motifs is 3. The smallest absolute Gasteiger partial charge is 0.319 e. The van der Waals surface area contributed by atoms with Crippen molar-refractivity contribution in [1.29, 1.82) is 0 Å². The molecule has 2 aromatic rings. The Labute approximate surface area is 161 Å². The summed E-state index contributed by atoms with van der Waals surface area (Å²) in [6, 6.07) is 3.95. The summed E-state index contributed by atoms with van der Waals surface area (Å²) in [5, 5.41) is 9.12. The summed E-state index contributed by atoms with van der Waals surface area (Å²) in [5.41, 5.74) is 8.52. The van der Waals surface area contributed by atoms with Gasteiger partial charge in [0.2, 0.25) is 0 Å². The van der Waals surface area contributed by atoms with Crippen LogP contribution in [0.1, 0.15) is 48.2 Å². The van der Waals surface area contributed by atoms with Crippen molar-refractivity contribution in [2.45, 2.75) is 44.2 Å². The van der Waals surface area contributed by atoms with Crippen LogP contribution < -0.4 is 21.7 Å². The van der Waals surface area contributed by atoms with Gasteiger partial charge in [0, 0.05) is 41.3 Å². The van der Waals surface area contributed by atoms with Crippen LogP contribution in [0.3, 0.4) is 0 Å². The number of carbonyl (C=O) groups excluding carboxylic acids is 2. The summed E-state index contributed by atoms with van der Waals surface area (Å²) in [4.78, 5) is 27.8. The van der Waals surface area contributed by atoms with Crippen LogP contribution in [0.2, 0.25) is 0 Å². The minimum atomic E-state index is -0.379. The molecule has 1 aromatic heterocycles. The number of hydrogen-bond donors (Lipinski definition) is 5. The lowest BCUT2D eigenvalue weighted by Crippen LogP contribution is -2.51. The molecule has 2 atom stereocenters. The molecule has 148 valence electrons. The van der Waals surface area contributed by atoms with Gasteiger partial charge in [-0.2, -0.15) is 0 Å². The molecule has 7 nitrogen and oxygen atoms in total. The maximum absolute atomic E-state index is 13.8. The minimum absolute atomic E-state index is 0.0324. The minimum Gasteiger partial charge on any atom is -0.350 e. The first-order chi connectivity index (χ1) is 13.5. The number of benzene rings is 1. The summed E-state index contributed by atoms with van der Waals surface area (Å²) < 4.78 is 13.8. The second-order valence-electron chi connectivity index (χ2n) is 7.41. The van der Waals surface area contributed by atoms with Crippen molar-refractivity contribution >= 4 is 28.4 Å². The topological polar surface area (TPSA) is 112 Å². The van der Waals surface area contributed by atoms with Crippen molar-refractivity contribution in [3.63, 3.8) is 0 Å². The van der Waals surface area contributed by atoms with E-state index in [4.69, 9.17) is 5.73 Å². The SMILES string of the molecule is NC1CCCCC1NC(=O)NC=C1CCNC(=O)c2[nH]c3ccc(F)cc3c21. The van der Waals surface area contributed by atoms with Crippen molar-refractivity contribution in [3.8, 4) is 0 Å². The van der Waals surface area contributed by atoms with Crippen LogP contribution in [-0.4, -0.2) is 35.6 Å². The molecule has 1 saturated carbocycles. The molecular weight excluding hydrogens is 361 g/mol. The number of aromatic nitrogens is 1. The van der Waals surface area contributed by atoms with Crippen molar-refractivity contribution in [1.82, 2.24) is 20.9 Å². The van der Waals surface area contributed by atoms with E-state index in [1.165, 1.54) is 12.1 Å². The highest BCUT2D eigenvalue weighted by Crippen LogP contribution is 2.32. The molecule has 6 N–H and O–H groups in total. The van der Waals surface area contributed by atoms with E-state index < -0.39 is 0 Å². The maximum Gasteiger partial charge on any atom is 0.319 e. The Morgan fingerprint density at radius 1 is 1.29 bits per heavy atom. The lowest BCUT2D eigenvalue weighted by atomic mass is 9.91. The lowest BCUT2D eigenvalue weighted by molar-refractivity contribution is 0.0952. The van der Waals surface area contributed by atoms with Crippen LogP contribution in [0.25, 0.3) is 16.5 Å². The predicted octanol–water partition coefficient (Wildman–Crippen LogP) is 2.35. The number of aromatic amines is 1. The third kappa shape index (κ3) is 3.60. The molecule has 0 saturated heterocycles. The van der Waals surface area contributed by atoms with E-state index in [0.717, 1.165) is 31.3 Å². The van der Waals surface area contributed by atoms with E-state index in [1.54, 1.807) is 12.3 Å². The van der Waals surface area contributed by atoms with E-state index in [1.807, 2.05) is 0 Å². The average Bonchev–Trinajstić information content (AvgIpc) is 2.97. The van der Waals surface area contributed by atoms with Crippen LogP contribution in [0, 0.1) is 5.82 Å². The molecule has 1 aliphatic carbocycles. The van der Waals surface area contributed by atoms with Gasteiger partial charge in [0.15, 0.2) is 0 Å². The molecule has 1 aromatic carbocycles. The number of rotatable bonds is 2. The molecule has 28 heavy (non-hydrogen) atoms. The summed E-state index contributed by atoms with van der Waals surface area (Å²) in [6.45, 7) is 0.431. The van der Waals surface area contributed by atoms with E-state index in [0.29, 0.717) is 35.1 Å². The number of nitrogens with two attached hydrogens (primary N) is 1. The van der Waals surface area contributed by atoms with Crippen LogP contribution in [0.15, 0.2) is 24.4 Å². The Kier molecular flexibility index (Phi) is 5.04. The molecular formula is C20H24FN5O2. The molecule has 0 bridgehead atoms. The first-order valence-electron chi connectivity index (χ1n) is 9.64. The van der Waals surface area contributed by atoms with Gasteiger partial charge in [0.25, 0.3) is 5.91 Å². The number of amides is 3. The number of H-pyrrole nitrogens is 1. The Balaban J connectivity index is 1.60. The molecule has 4 rings (SSSR count). The fourth-order valence-corrected chi connectivity index (χ4v) is 4.04. The van der Waals surface area contributed by atoms with Crippen molar-refractivity contribution < 1.29 is 14.0 Å². The first kappa shape index (κ1) is 18.5. The highest BCUT2D eigenvalue weighted by Gasteiger charge is 2.25. The Hall–Kier alpha value is -2.87. The standard InChI is InChI=1S/C20H24FN5O2/c21-12-5-6-15-13(9-12)17-11(7-8-23-19(27)18(17)25-15)10-24-20(28)26-16-4-2-1-3-14(16)22/h5-6,9-10,14,16,25H,1-4,7-8,22H2,(H,23,27)(H2,24,26,28). The molecule has 2 aliphatic rings. The van der Waals surface area contributed by atoms with E-state index in [9.17, 15) is 14.0 Å². The van der Waals surface area contributed by atoms with Crippen LogP contribution in [0.5, 0.6) is 0 Å². The third-order valence-electron chi connectivity index (χ3n) is 5.50. The number of nitrogens with one attached hydrogen (secondary N) is 4. The van der Waals surface area contributed by atoms with Crippen molar-refractivity contribution in [2.75, 3.05) is 6.54 Å². The third-order valence-corrected chi connectivity index (χ3v) is 5.50. The zero-order valence-corrected chi connectivity index (χ0v) is 15.5. The zero-order valence-electron chi connectivity index (χ0n) is 15.5. The molecule has 0 radical (unpaired) electrons. The predicted molar refractivity (Wildman–Crippen MR) is 105 cm³/mol. The number of carbonyl (C=O) groups is 2. The average molecular weight is 385 g/mol. The molecule has 1 fully saturated rings. The molecule has 3 amide bonds. The van der Waals surface area contributed by atoms with E-state index in [2.05, 4.69) is 20.9 Å². The van der Waals surface area contributed by atoms with Gasteiger partial charge >= 0.3 is 6.03 Å².